The molecule has 2 amide bonds. The topological polar surface area (TPSA) is 111 Å². The average Bonchev–Trinajstić information content (AvgIpc) is 3.38. The monoisotopic (exact) mass is 382 g/mol. The first-order valence-electron chi connectivity index (χ1n) is 8.54. The fourth-order valence-electron chi connectivity index (χ4n) is 3.92. The highest BCUT2D eigenvalue weighted by atomic mass is 32.1. The van der Waals surface area contributed by atoms with Crippen molar-refractivity contribution in [2.75, 3.05) is 10.6 Å². The molecule has 2 aliphatic carbocycles. The van der Waals surface area contributed by atoms with E-state index in [2.05, 4.69) is 15.6 Å². The van der Waals surface area contributed by atoms with Crippen molar-refractivity contribution in [3.8, 4) is 0 Å². The molecule has 8 heteroatoms. The summed E-state index contributed by atoms with van der Waals surface area (Å²) in [5.41, 5.74) is 0.808. The van der Waals surface area contributed by atoms with Crippen molar-refractivity contribution >= 4 is 39.9 Å². The molecule has 0 unspecified atom stereocenters. The molecule has 2 bridgehead atoms. The summed E-state index contributed by atoms with van der Waals surface area (Å²) < 4.78 is 0. The largest absolute Gasteiger partial charge is 0.550 e. The van der Waals surface area contributed by atoms with Crippen LogP contribution >= 0.6 is 11.3 Å². The van der Waals surface area contributed by atoms with Gasteiger partial charge in [0.15, 0.2) is 5.13 Å². The third kappa shape index (κ3) is 3.35. The van der Waals surface area contributed by atoms with E-state index >= 15 is 0 Å². The summed E-state index contributed by atoms with van der Waals surface area (Å²) in [5, 5.41) is 19.1. The van der Waals surface area contributed by atoms with Crippen molar-refractivity contribution in [2.45, 2.75) is 6.42 Å². The number of carboxylic acids is 1. The molecule has 4 atom stereocenters. The number of thiazole rings is 1. The summed E-state index contributed by atoms with van der Waals surface area (Å²) in [4.78, 5) is 40.5. The highest BCUT2D eigenvalue weighted by Gasteiger charge is 2.48. The number of carbonyl (C=O) groups excluding carboxylic acids is 3. The van der Waals surface area contributed by atoms with Crippen LogP contribution in [0.4, 0.5) is 10.8 Å². The van der Waals surface area contributed by atoms with Gasteiger partial charge in [-0.25, -0.2) is 4.98 Å². The van der Waals surface area contributed by atoms with Crippen LogP contribution in [0.15, 0.2) is 48.0 Å². The summed E-state index contributed by atoms with van der Waals surface area (Å²) in [6.07, 6.45) is 6.02. The second-order valence-electron chi connectivity index (χ2n) is 6.68. The van der Waals surface area contributed by atoms with Gasteiger partial charge in [-0.3, -0.25) is 14.9 Å². The first-order valence-corrected chi connectivity index (χ1v) is 9.42. The molecule has 2 aliphatic rings. The maximum Gasteiger partial charge on any atom is 0.257 e. The molecule has 1 saturated carbocycles. The minimum Gasteiger partial charge on any atom is -0.550 e. The van der Waals surface area contributed by atoms with E-state index in [0.29, 0.717) is 22.8 Å². The molecular formula is C19H16N3O4S-. The van der Waals surface area contributed by atoms with E-state index in [1.54, 1.807) is 35.8 Å². The average molecular weight is 382 g/mol. The molecule has 138 valence electrons. The summed E-state index contributed by atoms with van der Waals surface area (Å²) >= 11 is 1.31. The molecular weight excluding hydrogens is 366 g/mol. The molecule has 1 heterocycles. The standard InChI is InChI=1S/C19H17N3O4S/c23-16(22-19-20-6-7-27-19)12-2-1-3-13(9-12)21-17(24)14-10-4-5-11(8-10)15(14)18(25)26/h1-7,9-11,14-15H,8H2,(H,21,24)(H,25,26)(H,20,22,23)/p-1/t10-,11+,14-,15+/m1/s1. The Hall–Kier alpha value is -3.00. The highest BCUT2D eigenvalue weighted by Crippen LogP contribution is 2.48. The van der Waals surface area contributed by atoms with Gasteiger partial charge < -0.3 is 15.2 Å². The Balaban J connectivity index is 1.48. The van der Waals surface area contributed by atoms with E-state index in [9.17, 15) is 19.5 Å². The van der Waals surface area contributed by atoms with E-state index in [4.69, 9.17) is 0 Å². The molecule has 7 nitrogen and oxygen atoms in total. The molecule has 1 aromatic heterocycles. The van der Waals surface area contributed by atoms with Gasteiger partial charge in [-0.05, 0) is 36.5 Å². The molecule has 0 aliphatic heterocycles. The Kier molecular flexibility index (Phi) is 4.49. The molecule has 0 radical (unpaired) electrons. The first-order chi connectivity index (χ1) is 13.0. The number of aliphatic carboxylic acids is 1. The van der Waals surface area contributed by atoms with Gasteiger partial charge in [-0.1, -0.05) is 18.2 Å². The number of amides is 2. The van der Waals surface area contributed by atoms with Crippen LogP contribution in [0, 0.1) is 23.7 Å². The van der Waals surface area contributed by atoms with Crippen molar-refractivity contribution in [1.29, 1.82) is 0 Å². The number of aromatic nitrogens is 1. The maximum atomic E-state index is 12.7. The number of fused-ring (bicyclic) bond motifs is 2. The van der Waals surface area contributed by atoms with Gasteiger partial charge in [-0.2, -0.15) is 0 Å². The molecule has 2 N–H and O–H groups in total. The fourth-order valence-corrected chi connectivity index (χ4v) is 4.44. The number of benzene rings is 1. The van der Waals surface area contributed by atoms with Crippen LogP contribution in [0.5, 0.6) is 0 Å². The minimum absolute atomic E-state index is 0.0886. The zero-order valence-corrected chi connectivity index (χ0v) is 14.9. The number of anilines is 2. The van der Waals surface area contributed by atoms with Gasteiger partial charge in [0.2, 0.25) is 5.91 Å². The van der Waals surface area contributed by atoms with Gasteiger partial charge in [0, 0.05) is 34.7 Å². The Morgan fingerprint density at radius 2 is 1.89 bits per heavy atom. The smallest absolute Gasteiger partial charge is 0.257 e. The third-order valence-electron chi connectivity index (χ3n) is 5.08. The van der Waals surface area contributed by atoms with E-state index in [-0.39, 0.29) is 23.7 Å². The van der Waals surface area contributed by atoms with E-state index < -0.39 is 17.8 Å². The van der Waals surface area contributed by atoms with Gasteiger partial charge in [-0.15, -0.1) is 11.3 Å². The lowest BCUT2D eigenvalue weighted by Gasteiger charge is -2.27. The molecule has 4 rings (SSSR count). The van der Waals surface area contributed by atoms with Crippen LogP contribution in [0.3, 0.4) is 0 Å². The van der Waals surface area contributed by atoms with Gasteiger partial charge in [0.1, 0.15) is 0 Å². The quantitative estimate of drug-likeness (QED) is 0.762. The number of carboxylic acid groups (broad SMARTS) is 1. The number of rotatable bonds is 5. The van der Waals surface area contributed by atoms with Crippen LogP contribution in [0.1, 0.15) is 16.8 Å². The first kappa shape index (κ1) is 17.4. The van der Waals surface area contributed by atoms with E-state index in [1.165, 1.54) is 11.3 Å². The number of nitrogens with one attached hydrogen (secondary N) is 2. The minimum atomic E-state index is -1.19. The molecule has 27 heavy (non-hydrogen) atoms. The second kappa shape index (κ2) is 6.96. The highest BCUT2D eigenvalue weighted by molar-refractivity contribution is 7.13. The maximum absolute atomic E-state index is 12.7. The van der Waals surface area contributed by atoms with Gasteiger partial charge in [0.25, 0.3) is 5.91 Å². The number of nitrogens with zero attached hydrogens (tertiary/aromatic N) is 1. The third-order valence-corrected chi connectivity index (χ3v) is 5.77. The zero-order chi connectivity index (χ0) is 19.0. The normalized spacial score (nSPS) is 25.3. The van der Waals surface area contributed by atoms with E-state index in [0.717, 1.165) is 0 Å². The van der Waals surface area contributed by atoms with Crippen molar-refractivity contribution in [3.63, 3.8) is 0 Å². The second-order valence-corrected chi connectivity index (χ2v) is 7.57. The van der Waals surface area contributed by atoms with Crippen LogP contribution in [-0.2, 0) is 9.59 Å². The summed E-state index contributed by atoms with van der Waals surface area (Å²) in [5.74, 6) is -3.59. The molecule has 0 spiro atoms. The van der Waals surface area contributed by atoms with Crippen LogP contribution in [0.2, 0.25) is 0 Å². The molecule has 1 aromatic carbocycles. The van der Waals surface area contributed by atoms with Crippen molar-refractivity contribution in [2.24, 2.45) is 23.7 Å². The fraction of sp³-hybridized carbons (Fsp3) is 0.263. The molecule has 0 saturated heterocycles. The lowest BCUT2D eigenvalue weighted by Crippen LogP contribution is -2.42. The zero-order valence-electron chi connectivity index (χ0n) is 14.1. The Morgan fingerprint density at radius 3 is 2.59 bits per heavy atom. The SMILES string of the molecule is O=C(Nc1nccs1)c1cccc(NC(=O)[C@H]2[C@@H](C(=O)[O-])[C@H]3C=C[C@@H]2C3)c1. The summed E-state index contributed by atoms with van der Waals surface area (Å²) in [7, 11) is 0. The van der Waals surface area contributed by atoms with Crippen molar-refractivity contribution in [3.05, 3.63) is 53.6 Å². The Labute approximate surface area is 159 Å². The summed E-state index contributed by atoms with van der Waals surface area (Å²) in [6.45, 7) is 0. The number of allylic oxidation sites excluding steroid dienone is 2. The number of hydrogen-bond acceptors (Lipinski definition) is 6. The van der Waals surface area contributed by atoms with Crippen molar-refractivity contribution in [1.82, 2.24) is 4.98 Å². The predicted octanol–water partition coefficient (Wildman–Crippen LogP) is 1.52. The van der Waals surface area contributed by atoms with Crippen LogP contribution < -0.4 is 15.7 Å². The van der Waals surface area contributed by atoms with Crippen molar-refractivity contribution < 1.29 is 19.5 Å². The molecule has 1 fully saturated rings. The Morgan fingerprint density at radius 1 is 1.11 bits per heavy atom. The number of hydrogen-bond donors (Lipinski definition) is 2. The predicted molar refractivity (Wildman–Crippen MR) is 97.9 cm³/mol. The number of carbonyl (C=O) groups is 3. The lowest BCUT2D eigenvalue weighted by atomic mass is 9.82. The summed E-state index contributed by atoms with van der Waals surface area (Å²) in [6, 6.07) is 6.50. The lowest BCUT2D eigenvalue weighted by molar-refractivity contribution is -0.313. The van der Waals surface area contributed by atoms with E-state index in [1.807, 2.05) is 12.2 Å². The van der Waals surface area contributed by atoms with Crippen LogP contribution in [0.25, 0.3) is 0 Å². The van der Waals surface area contributed by atoms with Gasteiger partial charge in [0.05, 0.1) is 5.92 Å². The molecule has 2 aromatic rings. The van der Waals surface area contributed by atoms with Gasteiger partial charge >= 0.3 is 0 Å². The Bertz CT molecular complexity index is 925. The van der Waals surface area contributed by atoms with Crippen LogP contribution in [-0.4, -0.2) is 22.8 Å².